The first-order valence-corrected chi connectivity index (χ1v) is 6.08. The van der Waals surface area contributed by atoms with E-state index in [2.05, 4.69) is 23.8 Å². The molecule has 1 aliphatic carbocycles. The smallest absolute Gasteiger partial charge is 0.131 e. The molecule has 1 unspecified atom stereocenters. The average Bonchev–Trinajstić information content (AvgIpc) is 2.99. The van der Waals surface area contributed by atoms with Gasteiger partial charge in [-0.05, 0) is 31.7 Å². The minimum Gasteiger partial charge on any atom is -0.392 e. The molecule has 1 fully saturated rings. The third-order valence-corrected chi connectivity index (χ3v) is 3.03. The number of rotatable bonds is 4. The number of nitrogens with zero attached hydrogens (tertiary/aromatic N) is 2. The van der Waals surface area contributed by atoms with Gasteiger partial charge in [0.25, 0.3) is 0 Å². The average molecular weight is 220 g/mol. The topological polar surface area (TPSA) is 46.0 Å². The van der Waals surface area contributed by atoms with Crippen LogP contribution in [0.1, 0.15) is 49.8 Å². The highest BCUT2D eigenvalue weighted by Gasteiger charge is 2.30. The summed E-state index contributed by atoms with van der Waals surface area (Å²) in [6.45, 7) is 6.17. The van der Waals surface area contributed by atoms with Gasteiger partial charge >= 0.3 is 0 Å². The maximum atomic E-state index is 9.90. The van der Waals surface area contributed by atoms with Gasteiger partial charge in [0.1, 0.15) is 5.82 Å². The molecule has 1 N–H and O–H groups in total. The van der Waals surface area contributed by atoms with E-state index in [4.69, 9.17) is 0 Å². The second-order valence-corrected chi connectivity index (χ2v) is 5.12. The summed E-state index contributed by atoms with van der Waals surface area (Å²) < 4.78 is 0. The predicted molar refractivity (Wildman–Crippen MR) is 63.3 cm³/mol. The molecule has 1 aliphatic rings. The van der Waals surface area contributed by atoms with Crippen LogP contribution in [0.15, 0.2) is 6.07 Å². The Hall–Kier alpha value is -0.960. The van der Waals surface area contributed by atoms with E-state index in [0.717, 1.165) is 17.2 Å². The summed E-state index contributed by atoms with van der Waals surface area (Å²) in [6.07, 6.45) is 2.80. The van der Waals surface area contributed by atoms with Gasteiger partial charge in [-0.2, -0.15) is 0 Å². The fourth-order valence-electron chi connectivity index (χ4n) is 1.88. The fraction of sp³-hybridized carbons (Fsp3) is 0.692. The van der Waals surface area contributed by atoms with Crippen LogP contribution in [0.3, 0.4) is 0 Å². The highest BCUT2D eigenvalue weighted by atomic mass is 16.3. The van der Waals surface area contributed by atoms with E-state index in [-0.39, 0.29) is 6.10 Å². The Balaban J connectivity index is 2.13. The molecule has 0 saturated heterocycles. The number of aliphatic hydroxyl groups excluding tert-OH is 1. The SMILES string of the molecule is Cc1cc(CC(O)C2CC2)nc(C(C)C)n1. The Labute approximate surface area is 96.9 Å². The van der Waals surface area contributed by atoms with Gasteiger partial charge in [-0.15, -0.1) is 0 Å². The first kappa shape index (κ1) is 11.5. The van der Waals surface area contributed by atoms with Crippen molar-refractivity contribution in [3.63, 3.8) is 0 Å². The summed E-state index contributed by atoms with van der Waals surface area (Å²) in [4.78, 5) is 8.92. The van der Waals surface area contributed by atoms with Crippen LogP contribution in [0.5, 0.6) is 0 Å². The van der Waals surface area contributed by atoms with E-state index >= 15 is 0 Å². The summed E-state index contributed by atoms with van der Waals surface area (Å²) >= 11 is 0. The molecule has 16 heavy (non-hydrogen) atoms. The van der Waals surface area contributed by atoms with E-state index in [1.54, 1.807) is 0 Å². The lowest BCUT2D eigenvalue weighted by Crippen LogP contribution is -2.15. The molecule has 0 bridgehead atoms. The van der Waals surface area contributed by atoms with Gasteiger partial charge in [-0.1, -0.05) is 13.8 Å². The number of aromatic nitrogens is 2. The molecule has 0 radical (unpaired) electrons. The minimum absolute atomic E-state index is 0.214. The molecule has 1 saturated carbocycles. The van der Waals surface area contributed by atoms with Gasteiger partial charge in [0.2, 0.25) is 0 Å². The predicted octanol–water partition coefficient (Wildman–Crippen LogP) is 2.22. The lowest BCUT2D eigenvalue weighted by Gasteiger charge is -2.11. The summed E-state index contributed by atoms with van der Waals surface area (Å²) in [5.74, 6) is 1.74. The molecule has 88 valence electrons. The summed E-state index contributed by atoms with van der Waals surface area (Å²) in [5.41, 5.74) is 1.98. The monoisotopic (exact) mass is 220 g/mol. The fourth-order valence-corrected chi connectivity index (χ4v) is 1.88. The van der Waals surface area contributed by atoms with Gasteiger partial charge in [0.05, 0.1) is 6.10 Å². The van der Waals surface area contributed by atoms with Gasteiger partial charge in [-0.3, -0.25) is 0 Å². The largest absolute Gasteiger partial charge is 0.392 e. The highest BCUT2D eigenvalue weighted by Crippen LogP contribution is 2.33. The van der Waals surface area contributed by atoms with E-state index in [1.165, 1.54) is 12.8 Å². The molecular weight excluding hydrogens is 200 g/mol. The Morgan fingerprint density at radius 1 is 1.38 bits per heavy atom. The molecule has 1 aromatic rings. The van der Waals surface area contributed by atoms with Crippen LogP contribution in [0.2, 0.25) is 0 Å². The third-order valence-electron chi connectivity index (χ3n) is 3.03. The Morgan fingerprint density at radius 2 is 2.06 bits per heavy atom. The van der Waals surface area contributed by atoms with Crippen LogP contribution in [0.25, 0.3) is 0 Å². The van der Waals surface area contributed by atoms with Gasteiger partial charge in [0.15, 0.2) is 0 Å². The van der Waals surface area contributed by atoms with E-state index in [1.807, 2.05) is 13.0 Å². The molecule has 1 aromatic heterocycles. The van der Waals surface area contributed by atoms with Crippen LogP contribution in [-0.4, -0.2) is 21.2 Å². The number of aryl methyl sites for hydroxylation is 1. The van der Waals surface area contributed by atoms with Crippen LogP contribution >= 0.6 is 0 Å². The van der Waals surface area contributed by atoms with Crippen molar-refractivity contribution in [1.29, 1.82) is 0 Å². The molecule has 2 rings (SSSR count). The summed E-state index contributed by atoms with van der Waals surface area (Å²) in [6, 6.07) is 1.98. The molecule has 0 spiro atoms. The van der Waals surface area contributed by atoms with Gasteiger partial charge < -0.3 is 5.11 Å². The lowest BCUT2D eigenvalue weighted by atomic mass is 10.1. The standard InChI is InChI=1S/C13H20N2O/c1-8(2)13-14-9(3)6-11(15-13)7-12(16)10-4-5-10/h6,8,10,12,16H,4-5,7H2,1-3H3. The minimum atomic E-state index is -0.214. The summed E-state index contributed by atoms with van der Waals surface area (Å²) in [5, 5.41) is 9.90. The van der Waals surface area contributed by atoms with Crippen LogP contribution in [0, 0.1) is 12.8 Å². The highest BCUT2D eigenvalue weighted by molar-refractivity contribution is 5.13. The molecule has 0 aromatic carbocycles. The second kappa shape index (κ2) is 4.50. The zero-order chi connectivity index (χ0) is 11.7. The quantitative estimate of drug-likeness (QED) is 0.846. The van der Waals surface area contributed by atoms with Crippen molar-refractivity contribution in [2.24, 2.45) is 5.92 Å². The summed E-state index contributed by atoms with van der Waals surface area (Å²) in [7, 11) is 0. The van der Waals surface area contributed by atoms with Crippen molar-refractivity contribution in [1.82, 2.24) is 9.97 Å². The van der Waals surface area contributed by atoms with Crippen LogP contribution < -0.4 is 0 Å². The van der Waals surface area contributed by atoms with Crippen molar-refractivity contribution < 1.29 is 5.11 Å². The van der Waals surface area contributed by atoms with Gasteiger partial charge in [-0.25, -0.2) is 9.97 Å². The Kier molecular flexibility index (Phi) is 3.24. The molecule has 1 atom stereocenters. The normalized spacial score (nSPS) is 17.8. The van der Waals surface area contributed by atoms with E-state index in [0.29, 0.717) is 18.3 Å². The maximum Gasteiger partial charge on any atom is 0.131 e. The Bertz CT molecular complexity index is 372. The molecule has 0 amide bonds. The van der Waals surface area contributed by atoms with Crippen molar-refractivity contribution in [2.75, 3.05) is 0 Å². The van der Waals surface area contributed by atoms with Gasteiger partial charge in [0, 0.05) is 23.7 Å². The first-order chi connectivity index (χ1) is 7.56. The molecule has 3 heteroatoms. The van der Waals surface area contributed by atoms with E-state index in [9.17, 15) is 5.11 Å². The molecule has 3 nitrogen and oxygen atoms in total. The second-order valence-electron chi connectivity index (χ2n) is 5.12. The van der Waals surface area contributed by atoms with E-state index < -0.39 is 0 Å². The molecular formula is C13H20N2O. The lowest BCUT2D eigenvalue weighted by molar-refractivity contribution is 0.150. The van der Waals surface area contributed by atoms with Crippen molar-refractivity contribution in [3.8, 4) is 0 Å². The van der Waals surface area contributed by atoms with Crippen molar-refractivity contribution in [2.45, 2.75) is 52.1 Å². The third kappa shape index (κ3) is 2.79. The number of aliphatic hydroxyl groups is 1. The zero-order valence-corrected chi connectivity index (χ0v) is 10.3. The van der Waals surface area contributed by atoms with Crippen LogP contribution in [-0.2, 0) is 6.42 Å². The van der Waals surface area contributed by atoms with Crippen molar-refractivity contribution in [3.05, 3.63) is 23.3 Å². The Morgan fingerprint density at radius 3 is 2.62 bits per heavy atom. The molecule has 0 aliphatic heterocycles. The van der Waals surface area contributed by atoms with Crippen LogP contribution in [0.4, 0.5) is 0 Å². The number of hydrogen-bond donors (Lipinski definition) is 1. The zero-order valence-electron chi connectivity index (χ0n) is 10.3. The first-order valence-electron chi connectivity index (χ1n) is 6.08. The molecule has 1 heterocycles. The van der Waals surface area contributed by atoms with Crippen molar-refractivity contribution >= 4 is 0 Å². The number of hydrogen-bond acceptors (Lipinski definition) is 3. The maximum absolute atomic E-state index is 9.90.